The smallest absolute Gasteiger partial charge is 0.311 e. The second kappa shape index (κ2) is 9.26. The Hall–Kier alpha value is -1.30. The largest absolute Gasteiger partial charge is 0.458 e. The minimum Gasteiger partial charge on any atom is -0.458 e. The minimum absolute atomic E-state index is 0.257. The van der Waals surface area contributed by atoms with Crippen molar-refractivity contribution in [3.63, 3.8) is 0 Å². The fourth-order valence-electron chi connectivity index (χ4n) is 3.01. The van der Waals surface area contributed by atoms with Crippen molar-refractivity contribution in [1.29, 1.82) is 0 Å². The summed E-state index contributed by atoms with van der Waals surface area (Å²) in [5, 5.41) is 7.16. The van der Waals surface area contributed by atoms with Gasteiger partial charge in [-0.3, -0.25) is 9.59 Å². The van der Waals surface area contributed by atoms with Gasteiger partial charge >= 0.3 is 5.97 Å². The molecule has 3 atom stereocenters. The summed E-state index contributed by atoms with van der Waals surface area (Å²) in [6.07, 6.45) is 2.32. The SMILES string of the molecule is CCCC1C[C@H](NC(=O)c2ccc(Cl)c(Cl)c2)[C@@H](OC(=O)C(C)(C)C)CN1. The molecule has 1 aliphatic rings. The van der Waals surface area contributed by atoms with Crippen molar-refractivity contribution >= 4 is 35.1 Å². The van der Waals surface area contributed by atoms with E-state index in [9.17, 15) is 9.59 Å². The maximum Gasteiger partial charge on any atom is 0.311 e. The van der Waals surface area contributed by atoms with E-state index >= 15 is 0 Å². The van der Waals surface area contributed by atoms with Gasteiger partial charge in [0.05, 0.1) is 21.5 Å². The number of hydrogen-bond donors (Lipinski definition) is 2. The summed E-state index contributed by atoms with van der Waals surface area (Å²) in [6.45, 7) is 8.08. The first kappa shape index (κ1) is 22.0. The van der Waals surface area contributed by atoms with Gasteiger partial charge in [-0.15, -0.1) is 0 Å². The fraction of sp³-hybridized carbons (Fsp3) is 0.600. The highest BCUT2D eigenvalue weighted by Crippen LogP contribution is 2.24. The van der Waals surface area contributed by atoms with E-state index in [2.05, 4.69) is 17.6 Å². The summed E-state index contributed by atoms with van der Waals surface area (Å²) >= 11 is 11.9. The third-order valence-electron chi connectivity index (χ3n) is 4.60. The first-order valence-corrected chi connectivity index (χ1v) is 10.1. The van der Waals surface area contributed by atoms with Crippen LogP contribution in [-0.2, 0) is 9.53 Å². The second-order valence-corrected chi connectivity index (χ2v) is 8.85. The number of hydrogen-bond acceptors (Lipinski definition) is 4. The van der Waals surface area contributed by atoms with E-state index in [4.69, 9.17) is 27.9 Å². The Bertz CT molecular complexity index is 688. The number of esters is 1. The average Bonchev–Trinajstić information content (AvgIpc) is 2.58. The number of piperidine rings is 1. The van der Waals surface area contributed by atoms with Gasteiger partial charge in [0.25, 0.3) is 5.91 Å². The second-order valence-electron chi connectivity index (χ2n) is 8.03. The maximum absolute atomic E-state index is 12.7. The van der Waals surface area contributed by atoms with Crippen molar-refractivity contribution in [2.24, 2.45) is 5.41 Å². The molecule has 2 N–H and O–H groups in total. The summed E-state index contributed by atoms with van der Waals surface area (Å²) in [6, 6.07) is 4.78. The third-order valence-corrected chi connectivity index (χ3v) is 5.34. The van der Waals surface area contributed by atoms with Crippen LogP contribution in [0.4, 0.5) is 0 Å². The molecule has 0 spiro atoms. The van der Waals surface area contributed by atoms with Crippen LogP contribution in [-0.4, -0.2) is 36.6 Å². The quantitative estimate of drug-likeness (QED) is 0.707. The van der Waals surface area contributed by atoms with Crippen LogP contribution in [0, 0.1) is 5.41 Å². The van der Waals surface area contributed by atoms with E-state index < -0.39 is 11.5 Å². The lowest BCUT2D eigenvalue weighted by molar-refractivity contribution is -0.161. The van der Waals surface area contributed by atoms with Crippen molar-refractivity contribution < 1.29 is 14.3 Å². The molecule has 0 radical (unpaired) electrons. The van der Waals surface area contributed by atoms with Gasteiger partial charge in [-0.25, -0.2) is 0 Å². The molecule has 1 aromatic carbocycles. The highest BCUT2D eigenvalue weighted by molar-refractivity contribution is 6.42. The number of carbonyl (C=O) groups is 2. The Morgan fingerprint density at radius 2 is 1.96 bits per heavy atom. The Kier molecular flexibility index (Phi) is 7.55. The molecular formula is C20H28Cl2N2O3. The van der Waals surface area contributed by atoms with Gasteiger partial charge < -0.3 is 15.4 Å². The lowest BCUT2D eigenvalue weighted by Gasteiger charge is -2.38. The minimum atomic E-state index is -0.599. The molecule has 0 bridgehead atoms. The van der Waals surface area contributed by atoms with Crippen molar-refractivity contribution in [3.05, 3.63) is 33.8 Å². The zero-order valence-electron chi connectivity index (χ0n) is 16.3. The van der Waals surface area contributed by atoms with E-state index in [0.29, 0.717) is 28.6 Å². The molecule has 0 saturated carbocycles. The molecule has 1 saturated heterocycles. The predicted octanol–water partition coefficient (Wildman–Crippen LogP) is 4.21. The van der Waals surface area contributed by atoms with Crippen molar-refractivity contribution in [1.82, 2.24) is 10.6 Å². The molecule has 150 valence electrons. The molecule has 0 aromatic heterocycles. The van der Waals surface area contributed by atoms with Crippen LogP contribution in [0.15, 0.2) is 18.2 Å². The zero-order chi connectivity index (χ0) is 20.2. The first-order valence-electron chi connectivity index (χ1n) is 9.32. The van der Waals surface area contributed by atoms with Gasteiger partial charge in [0.15, 0.2) is 0 Å². The molecular weight excluding hydrogens is 387 g/mol. The van der Waals surface area contributed by atoms with Gasteiger partial charge in [-0.05, 0) is 51.8 Å². The van der Waals surface area contributed by atoms with Crippen LogP contribution in [0.5, 0.6) is 0 Å². The topological polar surface area (TPSA) is 67.4 Å². The number of carbonyl (C=O) groups excluding carboxylic acids is 2. The molecule has 7 heteroatoms. The summed E-state index contributed by atoms with van der Waals surface area (Å²) < 4.78 is 5.71. The molecule has 1 heterocycles. The van der Waals surface area contributed by atoms with Gasteiger partial charge in [0.2, 0.25) is 0 Å². The van der Waals surface area contributed by atoms with Crippen LogP contribution in [0.1, 0.15) is 57.3 Å². The lowest BCUT2D eigenvalue weighted by atomic mass is 9.92. The predicted molar refractivity (Wildman–Crippen MR) is 108 cm³/mol. The van der Waals surface area contributed by atoms with Crippen molar-refractivity contribution in [3.8, 4) is 0 Å². The third kappa shape index (κ3) is 6.09. The molecule has 1 fully saturated rings. The maximum atomic E-state index is 12.7. The van der Waals surface area contributed by atoms with E-state index in [1.807, 2.05) is 20.8 Å². The number of benzene rings is 1. The monoisotopic (exact) mass is 414 g/mol. The molecule has 1 aromatic rings. The van der Waals surface area contributed by atoms with Gasteiger partial charge in [-0.1, -0.05) is 36.5 Å². The van der Waals surface area contributed by atoms with Crippen molar-refractivity contribution in [2.75, 3.05) is 6.54 Å². The fourth-order valence-corrected chi connectivity index (χ4v) is 3.31. The number of ether oxygens (including phenoxy) is 1. The zero-order valence-corrected chi connectivity index (χ0v) is 17.8. The number of halogens is 2. The lowest BCUT2D eigenvalue weighted by Crippen LogP contribution is -2.58. The Morgan fingerprint density at radius 3 is 2.56 bits per heavy atom. The highest BCUT2D eigenvalue weighted by atomic mass is 35.5. The molecule has 27 heavy (non-hydrogen) atoms. The number of nitrogens with one attached hydrogen (secondary N) is 2. The molecule has 1 amide bonds. The average molecular weight is 415 g/mol. The van der Waals surface area contributed by atoms with Gasteiger partial charge in [-0.2, -0.15) is 0 Å². The van der Waals surface area contributed by atoms with E-state index in [0.717, 1.165) is 12.8 Å². The summed E-state index contributed by atoms with van der Waals surface area (Å²) in [5.41, 5.74) is -0.172. The number of rotatable bonds is 5. The van der Waals surface area contributed by atoms with Gasteiger partial charge in [0.1, 0.15) is 6.10 Å². The van der Waals surface area contributed by atoms with Crippen LogP contribution in [0.25, 0.3) is 0 Å². The molecule has 5 nitrogen and oxygen atoms in total. The Morgan fingerprint density at radius 1 is 1.26 bits per heavy atom. The van der Waals surface area contributed by atoms with Crippen LogP contribution in [0.3, 0.4) is 0 Å². The standard InChI is InChI=1S/C20H28Cl2N2O3/c1-5-6-13-10-16(17(11-23-13)27-19(26)20(2,3)4)24-18(25)12-7-8-14(21)15(22)9-12/h7-9,13,16-17,23H,5-6,10-11H2,1-4H3,(H,24,25)/t13?,16-,17-/m0/s1. The van der Waals surface area contributed by atoms with E-state index in [1.165, 1.54) is 0 Å². The van der Waals surface area contributed by atoms with Crippen molar-refractivity contribution in [2.45, 2.75) is 65.1 Å². The summed E-state index contributed by atoms with van der Waals surface area (Å²) in [4.78, 5) is 25.0. The molecule has 1 unspecified atom stereocenters. The normalized spacial score (nSPS) is 23.0. The van der Waals surface area contributed by atoms with Crippen LogP contribution >= 0.6 is 23.2 Å². The van der Waals surface area contributed by atoms with Crippen LogP contribution < -0.4 is 10.6 Å². The molecule has 1 aliphatic heterocycles. The summed E-state index contributed by atoms with van der Waals surface area (Å²) in [7, 11) is 0. The Balaban J connectivity index is 2.13. The van der Waals surface area contributed by atoms with E-state index in [1.54, 1.807) is 18.2 Å². The highest BCUT2D eigenvalue weighted by Gasteiger charge is 2.36. The number of amides is 1. The summed E-state index contributed by atoms with van der Waals surface area (Å²) in [5.74, 6) is -0.537. The van der Waals surface area contributed by atoms with E-state index in [-0.39, 0.29) is 24.0 Å². The van der Waals surface area contributed by atoms with Gasteiger partial charge in [0, 0.05) is 18.2 Å². The molecule has 0 aliphatic carbocycles. The first-order chi connectivity index (χ1) is 12.6. The molecule has 2 rings (SSSR count). The van der Waals surface area contributed by atoms with Crippen LogP contribution in [0.2, 0.25) is 10.0 Å². The Labute approximate surface area is 171 Å².